The standard InChI is InChI=1S/C5H7BF4O2/c1-3(7)11-5(4(8)9)12-6(2)10/h3H,1-2H3. The van der Waals surface area contributed by atoms with E-state index < -0.39 is 25.6 Å². The van der Waals surface area contributed by atoms with E-state index in [9.17, 15) is 17.5 Å². The zero-order valence-electron chi connectivity index (χ0n) is 6.48. The van der Waals surface area contributed by atoms with E-state index in [0.29, 0.717) is 0 Å². The van der Waals surface area contributed by atoms with Gasteiger partial charge in [0, 0.05) is 6.92 Å². The van der Waals surface area contributed by atoms with E-state index in [1.54, 1.807) is 0 Å². The predicted molar refractivity (Wildman–Crippen MR) is 34.7 cm³/mol. The Morgan fingerprint density at radius 3 is 2.17 bits per heavy atom. The normalized spacial score (nSPS) is 11.8. The summed E-state index contributed by atoms with van der Waals surface area (Å²) >= 11 is 0. The van der Waals surface area contributed by atoms with E-state index in [1.807, 2.05) is 0 Å². The van der Waals surface area contributed by atoms with Crippen molar-refractivity contribution in [2.75, 3.05) is 0 Å². The number of hydrogen-bond donors (Lipinski definition) is 0. The van der Waals surface area contributed by atoms with Crippen LogP contribution < -0.4 is 0 Å². The van der Waals surface area contributed by atoms with Gasteiger partial charge in [-0.1, -0.05) is 0 Å². The summed E-state index contributed by atoms with van der Waals surface area (Å²) in [5, 5.41) is 0. The fraction of sp³-hybridized carbons (Fsp3) is 0.600. The minimum atomic E-state index is -2.40. The van der Waals surface area contributed by atoms with Crippen LogP contribution in [0.2, 0.25) is 6.82 Å². The Bertz CT molecular complexity index is 155. The highest BCUT2D eigenvalue weighted by Crippen LogP contribution is 2.15. The van der Waals surface area contributed by atoms with Crippen molar-refractivity contribution < 1.29 is 26.9 Å². The van der Waals surface area contributed by atoms with Gasteiger partial charge in [0.15, 0.2) is 0 Å². The summed E-state index contributed by atoms with van der Waals surface area (Å²) in [6, 6.07) is 0. The largest absolute Gasteiger partial charge is 0.563 e. The predicted octanol–water partition coefficient (Wildman–Crippen LogP) is 2.49. The molecule has 1 atom stereocenters. The Kier molecular flexibility index (Phi) is 4.54. The molecule has 0 N–H and O–H groups in total. The van der Waals surface area contributed by atoms with Crippen LogP contribution in [0.25, 0.3) is 0 Å². The second kappa shape index (κ2) is 4.89. The lowest BCUT2D eigenvalue weighted by Gasteiger charge is -2.10. The van der Waals surface area contributed by atoms with Crippen molar-refractivity contribution in [3.8, 4) is 0 Å². The molecule has 0 bridgehead atoms. The summed E-state index contributed by atoms with van der Waals surface area (Å²) in [5.41, 5.74) is 0. The molecule has 0 heterocycles. The highest BCUT2D eigenvalue weighted by molar-refractivity contribution is 6.41. The fourth-order valence-electron chi connectivity index (χ4n) is 0.412. The van der Waals surface area contributed by atoms with Gasteiger partial charge in [0.1, 0.15) is 0 Å². The van der Waals surface area contributed by atoms with E-state index >= 15 is 0 Å². The minimum Gasteiger partial charge on any atom is -0.502 e. The molecular formula is C5H7BF4O2. The van der Waals surface area contributed by atoms with E-state index in [0.717, 1.165) is 13.7 Å². The highest BCUT2D eigenvalue weighted by atomic mass is 19.3. The van der Waals surface area contributed by atoms with Crippen LogP contribution >= 0.6 is 0 Å². The molecule has 0 fully saturated rings. The molecule has 0 radical (unpaired) electrons. The maximum atomic E-state index is 12.0. The lowest BCUT2D eigenvalue weighted by Crippen LogP contribution is -2.12. The summed E-state index contributed by atoms with van der Waals surface area (Å²) in [7, 11) is -1.97. The third-order valence-corrected chi connectivity index (χ3v) is 0.693. The first-order valence-electron chi connectivity index (χ1n) is 3.10. The average Bonchev–Trinajstić information content (AvgIpc) is 1.83. The smallest absolute Gasteiger partial charge is 0.502 e. The Labute approximate surface area is 67.3 Å². The van der Waals surface area contributed by atoms with Crippen molar-refractivity contribution in [1.29, 1.82) is 0 Å². The molecule has 0 saturated carbocycles. The van der Waals surface area contributed by atoms with Crippen LogP contribution in [0.4, 0.5) is 17.5 Å². The molecule has 0 spiro atoms. The fourth-order valence-corrected chi connectivity index (χ4v) is 0.412. The molecule has 12 heavy (non-hydrogen) atoms. The molecule has 0 saturated heterocycles. The molecule has 0 aromatic rings. The van der Waals surface area contributed by atoms with E-state index in [1.165, 1.54) is 0 Å². The lowest BCUT2D eigenvalue weighted by atomic mass is 10.0. The maximum absolute atomic E-state index is 12.0. The second-order valence-electron chi connectivity index (χ2n) is 1.87. The third kappa shape index (κ3) is 4.87. The molecule has 0 aliphatic rings. The van der Waals surface area contributed by atoms with Gasteiger partial charge in [-0.15, -0.1) is 0 Å². The first-order valence-corrected chi connectivity index (χ1v) is 3.10. The maximum Gasteiger partial charge on any atom is 0.563 e. The van der Waals surface area contributed by atoms with Crippen LogP contribution in [0.3, 0.4) is 0 Å². The van der Waals surface area contributed by atoms with Gasteiger partial charge < -0.3 is 9.39 Å². The van der Waals surface area contributed by atoms with Gasteiger partial charge in [0.05, 0.1) is 0 Å². The SMILES string of the molecule is CB(F)OC(OC(C)F)=C(F)F. The van der Waals surface area contributed by atoms with Crippen molar-refractivity contribution in [1.82, 2.24) is 0 Å². The number of hydrogen-bond acceptors (Lipinski definition) is 2. The highest BCUT2D eigenvalue weighted by Gasteiger charge is 2.19. The Balaban J connectivity index is 4.17. The Morgan fingerprint density at radius 2 is 1.92 bits per heavy atom. The molecule has 0 amide bonds. The Hall–Kier alpha value is -0.875. The number of ether oxygens (including phenoxy) is 1. The molecule has 0 aromatic heterocycles. The molecule has 0 rings (SSSR count). The summed E-state index contributed by atoms with van der Waals surface area (Å²) in [4.78, 5) is 0. The van der Waals surface area contributed by atoms with Gasteiger partial charge in [0.25, 0.3) is 0 Å². The van der Waals surface area contributed by atoms with Crippen LogP contribution in [0.1, 0.15) is 6.92 Å². The zero-order valence-corrected chi connectivity index (χ0v) is 6.48. The molecule has 70 valence electrons. The Morgan fingerprint density at radius 1 is 1.42 bits per heavy atom. The molecule has 2 nitrogen and oxygen atoms in total. The number of rotatable bonds is 4. The van der Waals surface area contributed by atoms with Crippen LogP contribution in [-0.4, -0.2) is 13.6 Å². The van der Waals surface area contributed by atoms with Crippen LogP contribution in [0, 0.1) is 0 Å². The van der Waals surface area contributed by atoms with Gasteiger partial charge >= 0.3 is 19.2 Å². The second-order valence-corrected chi connectivity index (χ2v) is 1.87. The van der Waals surface area contributed by atoms with Crippen LogP contribution in [0.15, 0.2) is 12.0 Å². The summed E-state index contributed by atoms with van der Waals surface area (Å²) in [6.07, 6.45) is -4.37. The van der Waals surface area contributed by atoms with E-state index in [4.69, 9.17) is 0 Å². The van der Waals surface area contributed by atoms with Gasteiger partial charge in [-0.3, -0.25) is 4.32 Å². The van der Waals surface area contributed by atoms with Gasteiger partial charge in [-0.2, -0.15) is 8.78 Å². The lowest BCUT2D eigenvalue weighted by molar-refractivity contribution is -0.0383. The van der Waals surface area contributed by atoms with E-state index in [-0.39, 0.29) is 0 Å². The first-order chi connectivity index (χ1) is 5.43. The van der Waals surface area contributed by atoms with Crippen molar-refractivity contribution in [2.45, 2.75) is 20.1 Å². The number of halogens is 4. The van der Waals surface area contributed by atoms with Crippen molar-refractivity contribution in [3.63, 3.8) is 0 Å². The first kappa shape index (κ1) is 11.1. The summed E-state index contributed by atoms with van der Waals surface area (Å²) in [5.74, 6) is -1.42. The molecule has 0 aliphatic carbocycles. The van der Waals surface area contributed by atoms with Crippen LogP contribution in [0.5, 0.6) is 0 Å². The van der Waals surface area contributed by atoms with E-state index in [2.05, 4.69) is 9.39 Å². The molecule has 0 aromatic carbocycles. The minimum absolute atomic E-state index is 0.870. The zero-order chi connectivity index (χ0) is 9.72. The van der Waals surface area contributed by atoms with Crippen LogP contribution in [-0.2, 0) is 9.39 Å². The monoisotopic (exact) mass is 186 g/mol. The van der Waals surface area contributed by atoms with Crippen molar-refractivity contribution in [3.05, 3.63) is 12.0 Å². The topological polar surface area (TPSA) is 18.5 Å². The molecular weight excluding hydrogens is 179 g/mol. The van der Waals surface area contributed by atoms with Gasteiger partial charge in [-0.25, -0.2) is 4.39 Å². The van der Waals surface area contributed by atoms with Gasteiger partial charge in [0.2, 0.25) is 6.36 Å². The average molecular weight is 186 g/mol. The van der Waals surface area contributed by atoms with Gasteiger partial charge in [-0.05, 0) is 6.82 Å². The van der Waals surface area contributed by atoms with Crippen molar-refractivity contribution in [2.24, 2.45) is 0 Å². The molecule has 0 aliphatic heterocycles. The summed E-state index contributed by atoms with van der Waals surface area (Å²) in [6.45, 7) is 1.74. The third-order valence-electron chi connectivity index (χ3n) is 0.693. The van der Waals surface area contributed by atoms with Crippen molar-refractivity contribution >= 4 is 7.19 Å². The molecule has 1 unspecified atom stereocenters. The number of alkyl halides is 1. The quantitative estimate of drug-likeness (QED) is 0.381. The molecule has 7 heteroatoms. The summed E-state index contributed by atoms with van der Waals surface area (Å²) < 4.78 is 55.0.